The van der Waals surface area contributed by atoms with Crippen molar-refractivity contribution in [2.24, 2.45) is 0 Å². The Kier molecular flexibility index (Phi) is 4.34. The molecule has 0 atom stereocenters. The molecule has 0 saturated heterocycles. The third-order valence-corrected chi connectivity index (χ3v) is 2.71. The lowest BCUT2D eigenvalue weighted by molar-refractivity contribution is 0.0795. The van der Waals surface area contributed by atoms with Crippen LogP contribution in [0.15, 0.2) is 24.3 Å². The third-order valence-electron chi connectivity index (χ3n) is 2.71. The van der Waals surface area contributed by atoms with Crippen molar-refractivity contribution in [2.45, 2.75) is 52.2 Å². The molecule has 0 radical (unpaired) electrons. The van der Waals surface area contributed by atoms with Gasteiger partial charge in [0.05, 0.1) is 5.60 Å². The molecular formula is C15H25NO. The van der Waals surface area contributed by atoms with E-state index in [4.69, 9.17) is 0 Å². The minimum Gasteiger partial charge on any atom is -0.389 e. The van der Waals surface area contributed by atoms with E-state index >= 15 is 0 Å². The van der Waals surface area contributed by atoms with E-state index in [1.165, 1.54) is 11.1 Å². The summed E-state index contributed by atoms with van der Waals surface area (Å²) in [4.78, 5) is 0. The molecule has 2 nitrogen and oxygen atoms in total. The molecule has 0 bridgehead atoms. The van der Waals surface area contributed by atoms with Gasteiger partial charge in [0, 0.05) is 13.1 Å². The minimum atomic E-state index is -0.647. The van der Waals surface area contributed by atoms with Crippen molar-refractivity contribution in [2.75, 3.05) is 6.54 Å². The van der Waals surface area contributed by atoms with Gasteiger partial charge in [-0.2, -0.15) is 0 Å². The first-order valence-corrected chi connectivity index (χ1v) is 6.21. The average Bonchev–Trinajstić information content (AvgIpc) is 2.15. The lowest BCUT2D eigenvalue weighted by Crippen LogP contribution is -2.34. The first-order valence-electron chi connectivity index (χ1n) is 6.21. The van der Waals surface area contributed by atoms with Gasteiger partial charge in [-0.05, 0) is 30.4 Å². The van der Waals surface area contributed by atoms with E-state index in [1.807, 2.05) is 13.8 Å². The number of nitrogens with one attached hydrogen (secondary N) is 1. The number of benzene rings is 1. The van der Waals surface area contributed by atoms with Crippen LogP contribution in [0.3, 0.4) is 0 Å². The molecule has 1 aromatic rings. The van der Waals surface area contributed by atoms with Crippen molar-refractivity contribution in [3.8, 4) is 0 Å². The van der Waals surface area contributed by atoms with Crippen LogP contribution in [0.5, 0.6) is 0 Å². The molecule has 0 amide bonds. The Morgan fingerprint density at radius 2 is 1.53 bits per heavy atom. The highest BCUT2D eigenvalue weighted by Crippen LogP contribution is 2.22. The Morgan fingerprint density at radius 1 is 1.00 bits per heavy atom. The van der Waals surface area contributed by atoms with Crippen molar-refractivity contribution in [1.29, 1.82) is 0 Å². The van der Waals surface area contributed by atoms with Gasteiger partial charge >= 0.3 is 0 Å². The monoisotopic (exact) mass is 235 g/mol. The summed E-state index contributed by atoms with van der Waals surface area (Å²) < 4.78 is 0. The molecule has 1 aromatic carbocycles. The first kappa shape index (κ1) is 14.2. The van der Waals surface area contributed by atoms with Gasteiger partial charge in [-0.3, -0.25) is 0 Å². The molecule has 0 aliphatic heterocycles. The lowest BCUT2D eigenvalue weighted by Gasteiger charge is -2.20. The standard InChI is InChI=1S/C15H25NO/c1-14(2,3)13-8-6-12(7-9-13)10-16-11-15(4,5)17/h6-9,16-17H,10-11H2,1-5H3. The summed E-state index contributed by atoms with van der Waals surface area (Å²) in [6, 6.07) is 8.66. The fourth-order valence-electron chi connectivity index (χ4n) is 1.64. The Labute approximate surface area is 105 Å². The van der Waals surface area contributed by atoms with Gasteiger partial charge in [0.1, 0.15) is 0 Å². The fraction of sp³-hybridized carbons (Fsp3) is 0.600. The highest BCUT2D eigenvalue weighted by molar-refractivity contribution is 5.27. The van der Waals surface area contributed by atoms with Gasteiger partial charge in [0.15, 0.2) is 0 Å². The maximum Gasteiger partial charge on any atom is 0.0715 e. The van der Waals surface area contributed by atoms with Crippen LogP contribution in [0.1, 0.15) is 45.7 Å². The zero-order chi connectivity index (χ0) is 13.1. The maximum absolute atomic E-state index is 9.58. The van der Waals surface area contributed by atoms with Crippen LogP contribution in [0.25, 0.3) is 0 Å². The van der Waals surface area contributed by atoms with Crippen LogP contribution in [-0.2, 0) is 12.0 Å². The molecule has 17 heavy (non-hydrogen) atoms. The van der Waals surface area contributed by atoms with Crippen molar-refractivity contribution >= 4 is 0 Å². The van der Waals surface area contributed by atoms with Gasteiger partial charge in [-0.25, -0.2) is 0 Å². The smallest absolute Gasteiger partial charge is 0.0715 e. The molecular weight excluding hydrogens is 210 g/mol. The number of hydrogen-bond acceptors (Lipinski definition) is 2. The molecule has 0 aromatic heterocycles. The van der Waals surface area contributed by atoms with Gasteiger partial charge in [0.2, 0.25) is 0 Å². The van der Waals surface area contributed by atoms with Crippen LogP contribution in [-0.4, -0.2) is 17.3 Å². The van der Waals surface area contributed by atoms with Crippen molar-refractivity contribution in [1.82, 2.24) is 5.32 Å². The lowest BCUT2D eigenvalue weighted by atomic mass is 9.87. The molecule has 0 fully saturated rings. The molecule has 0 aliphatic carbocycles. The molecule has 0 unspecified atom stereocenters. The van der Waals surface area contributed by atoms with E-state index in [2.05, 4.69) is 50.4 Å². The number of rotatable bonds is 4. The Balaban J connectivity index is 2.52. The zero-order valence-electron chi connectivity index (χ0n) is 11.7. The van der Waals surface area contributed by atoms with Crippen LogP contribution < -0.4 is 5.32 Å². The highest BCUT2D eigenvalue weighted by atomic mass is 16.3. The van der Waals surface area contributed by atoms with Crippen LogP contribution in [0.2, 0.25) is 0 Å². The van der Waals surface area contributed by atoms with Crippen LogP contribution in [0.4, 0.5) is 0 Å². The van der Waals surface area contributed by atoms with Gasteiger partial charge in [-0.1, -0.05) is 45.0 Å². The minimum absolute atomic E-state index is 0.207. The molecule has 0 heterocycles. The molecule has 1 rings (SSSR count). The summed E-state index contributed by atoms with van der Waals surface area (Å²) in [6.07, 6.45) is 0. The second-order valence-electron chi connectivity index (χ2n) is 6.36. The quantitative estimate of drug-likeness (QED) is 0.841. The summed E-state index contributed by atoms with van der Waals surface area (Å²) in [5.74, 6) is 0. The Hall–Kier alpha value is -0.860. The van der Waals surface area contributed by atoms with Gasteiger partial charge < -0.3 is 10.4 Å². The van der Waals surface area contributed by atoms with E-state index in [9.17, 15) is 5.11 Å². The van der Waals surface area contributed by atoms with Crippen LogP contribution in [0, 0.1) is 0 Å². The van der Waals surface area contributed by atoms with E-state index in [0.29, 0.717) is 6.54 Å². The van der Waals surface area contributed by atoms with E-state index in [0.717, 1.165) is 6.54 Å². The number of aliphatic hydroxyl groups is 1. The molecule has 96 valence electrons. The second kappa shape index (κ2) is 5.19. The zero-order valence-corrected chi connectivity index (χ0v) is 11.7. The molecule has 2 heteroatoms. The Morgan fingerprint density at radius 3 is 1.94 bits per heavy atom. The second-order valence-corrected chi connectivity index (χ2v) is 6.36. The van der Waals surface area contributed by atoms with E-state index in [-0.39, 0.29) is 5.41 Å². The molecule has 0 saturated carbocycles. The maximum atomic E-state index is 9.58. The predicted octanol–water partition coefficient (Wildman–Crippen LogP) is 2.84. The molecule has 0 spiro atoms. The first-order chi connectivity index (χ1) is 7.68. The number of hydrogen-bond donors (Lipinski definition) is 2. The third kappa shape index (κ3) is 5.33. The van der Waals surface area contributed by atoms with E-state index < -0.39 is 5.60 Å². The SMILES string of the molecule is CC(C)(O)CNCc1ccc(C(C)(C)C)cc1. The summed E-state index contributed by atoms with van der Waals surface area (Å²) in [5.41, 5.74) is 2.16. The normalized spacial score (nSPS) is 12.8. The van der Waals surface area contributed by atoms with Gasteiger partial charge in [-0.15, -0.1) is 0 Å². The van der Waals surface area contributed by atoms with Crippen LogP contribution >= 0.6 is 0 Å². The van der Waals surface area contributed by atoms with Crippen molar-refractivity contribution in [3.05, 3.63) is 35.4 Å². The highest BCUT2D eigenvalue weighted by Gasteiger charge is 2.13. The Bertz CT molecular complexity index is 341. The summed E-state index contributed by atoms with van der Waals surface area (Å²) in [6.45, 7) is 11.7. The summed E-state index contributed by atoms with van der Waals surface area (Å²) in [7, 11) is 0. The average molecular weight is 235 g/mol. The van der Waals surface area contributed by atoms with E-state index in [1.54, 1.807) is 0 Å². The largest absolute Gasteiger partial charge is 0.389 e. The van der Waals surface area contributed by atoms with Gasteiger partial charge in [0.25, 0.3) is 0 Å². The topological polar surface area (TPSA) is 32.3 Å². The summed E-state index contributed by atoms with van der Waals surface area (Å²) >= 11 is 0. The fourth-order valence-corrected chi connectivity index (χ4v) is 1.64. The predicted molar refractivity (Wildman–Crippen MR) is 73.1 cm³/mol. The molecule has 2 N–H and O–H groups in total. The summed E-state index contributed by atoms with van der Waals surface area (Å²) in [5, 5.41) is 12.8. The molecule has 0 aliphatic rings. The van der Waals surface area contributed by atoms with Crippen molar-refractivity contribution in [3.63, 3.8) is 0 Å². The van der Waals surface area contributed by atoms with Crippen molar-refractivity contribution < 1.29 is 5.11 Å².